The number of Topliss-reactive ketones (excluding diaryl/α,β-unsaturated/α-hetero) is 3. The first-order valence-corrected chi connectivity index (χ1v) is 25.9. The Morgan fingerprint density at radius 2 is 1.45 bits per heavy atom. The summed E-state index contributed by atoms with van der Waals surface area (Å²) in [7, 11) is -1.88. The second-order valence-corrected chi connectivity index (χ2v) is 19.8. The van der Waals surface area contributed by atoms with Crippen molar-refractivity contribution in [2.24, 2.45) is 29.0 Å². The van der Waals surface area contributed by atoms with Crippen molar-refractivity contribution < 1.29 is 41.9 Å². The minimum atomic E-state index is -3.41. The monoisotopic (exact) mass is 963 g/mol. The van der Waals surface area contributed by atoms with E-state index in [-0.39, 0.29) is 76.5 Å². The second-order valence-electron chi connectivity index (χ2n) is 17.9. The molecule has 0 saturated heterocycles. The van der Waals surface area contributed by atoms with Crippen LogP contribution in [0.2, 0.25) is 0 Å². The van der Waals surface area contributed by atoms with Crippen LogP contribution in [0.1, 0.15) is 98.3 Å². The fraction of sp³-hybridized carbons (Fsp3) is 0.426. The van der Waals surface area contributed by atoms with E-state index in [2.05, 4.69) is 36.5 Å². The van der Waals surface area contributed by atoms with Gasteiger partial charge in [-0.25, -0.2) is 8.42 Å². The number of likely N-dealkylation sites (N-methyl/N-ethyl adjacent to an activating group) is 1. The van der Waals surface area contributed by atoms with Gasteiger partial charge in [0, 0.05) is 79.6 Å². The number of benzene rings is 4. The molecule has 0 fully saturated rings. The number of sulfone groups is 1. The van der Waals surface area contributed by atoms with E-state index in [1.54, 1.807) is 49.4 Å². The number of ether oxygens (including phenoxy) is 2. The van der Waals surface area contributed by atoms with Gasteiger partial charge in [-0.15, -0.1) is 0 Å². The fourth-order valence-electron chi connectivity index (χ4n) is 8.53. The number of rotatable bonds is 23. The van der Waals surface area contributed by atoms with Crippen LogP contribution in [0.15, 0.2) is 96.4 Å². The van der Waals surface area contributed by atoms with Gasteiger partial charge in [0.25, 0.3) is 0 Å². The van der Waals surface area contributed by atoms with Gasteiger partial charge >= 0.3 is 0 Å². The first kappa shape index (κ1) is 53.9. The van der Waals surface area contributed by atoms with Crippen LogP contribution in [0.25, 0.3) is 22.3 Å². The number of carbonyl (C=O) groups is 5. The van der Waals surface area contributed by atoms with Crippen LogP contribution in [0, 0.1) is 11.8 Å². The maximum Gasteiger partial charge on any atom is 0.226 e. The van der Waals surface area contributed by atoms with Crippen LogP contribution in [0.5, 0.6) is 11.5 Å². The molecule has 0 radical (unpaired) electrons. The molecule has 1 aliphatic heterocycles. The number of carbonyl (C=O) groups excluding carboxylic acids is 5. The molecule has 0 saturated carbocycles. The minimum Gasteiger partial charge on any atom is -0.492 e. The number of hydrogen-bond donors (Lipinski definition) is 4. The summed E-state index contributed by atoms with van der Waals surface area (Å²) in [6.07, 6.45) is 6.18. The van der Waals surface area contributed by atoms with Gasteiger partial charge in [-0.05, 0) is 97.2 Å². The molecule has 4 aromatic rings. The van der Waals surface area contributed by atoms with Crippen molar-refractivity contribution in [3.63, 3.8) is 0 Å². The summed E-state index contributed by atoms with van der Waals surface area (Å²) in [6.45, 7) is 4.78. The molecule has 5 rings (SSSR count). The number of aryl methyl sites for hydroxylation is 1. The predicted molar refractivity (Wildman–Crippen MR) is 270 cm³/mol. The smallest absolute Gasteiger partial charge is 0.226 e. The van der Waals surface area contributed by atoms with Crippen LogP contribution in [0.3, 0.4) is 0 Å². The van der Waals surface area contributed by atoms with Crippen molar-refractivity contribution in [1.82, 2.24) is 10.2 Å². The van der Waals surface area contributed by atoms with E-state index in [9.17, 15) is 32.4 Å². The lowest BCUT2D eigenvalue weighted by Crippen LogP contribution is -2.45. The number of nitrogens with zero attached hydrogens (tertiary/aromatic N) is 1. The Hall–Kier alpha value is -6.00. The van der Waals surface area contributed by atoms with E-state index < -0.39 is 51.4 Å². The summed E-state index contributed by atoms with van der Waals surface area (Å²) in [5.74, 6) is -2.93. The van der Waals surface area contributed by atoms with Crippen LogP contribution in [0.4, 0.5) is 0 Å². The molecule has 69 heavy (non-hydrogen) atoms. The molecule has 4 aromatic carbocycles. The highest BCUT2D eigenvalue weighted by molar-refractivity contribution is 7.93. The summed E-state index contributed by atoms with van der Waals surface area (Å²) >= 11 is 0. The first-order chi connectivity index (χ1) is 33.1. The van der Waals surface area contributed by atoms with Gasteiger partial charge in [0.2, 0.25) is 11.8 Å². The highest BCUT2D eigenvalue weighted by Crippen LogP contribution is 2.41. The number of unbranched alkanes of at least 4 members (excludes halogenated alkanes) is 1. The Morgan fingerprint density at radius 3 is 2.06 bits per heavy atom. The molecular weight excluding hydrogens is 895 g/mol. The zero-order valence-corrected chi connectivity index (χ0v) is 41.2. The van der Waals surface area contributed by atoms with Crippen LogP contribution >= 0.6 is 0 Å². The third-order valence-corrected chi connectivity index (χ3v) is 13.0. The molecule has 7 N–H and O–H groups in total. The van der Waals surface area contributed by atoms with Crippen molar-refractivity contribution in [2.45, 2.75) is 90.1 Å². The van der Waals surface area contributed by atoms with Crippen molar-refractivity contribution in [2.75, 3.05) is 46.2 Å². The van der Waals surface area contributed by atoms with Gasteiger partial charge in [-0.2, -0.15) is 0 Å². The fourth-order valence-corrected chi connectivity index (χ4v) is 9.01. The molecule has 4 bridgehead atoms. The zero-order valence-electron chi connectivity index (χ0n) is 40.4. The van der Waals surface area contributed by atoms with Crippen molar-refractivity contribution in [3.8, 4) is 33.8 Å². The number of ketones is 3. The largest absolute Gasteiger partial charge is 0.492 e. The quantitative estimate of drug-likeness (QED) is 0.0569. The van der Waals surface area contributed by atoms with Gasteiger partial charge < -0.3 is 36.9 Å². The number of hydrogen-bond acceptors (Lipinski definition) is 12. The molecule has 370 valence electrons. The number of nitrogens with two attached hydrogens (primary N) is 3. The van der Waals surface area contributed by atoms with E-state index >= 15 is 0 Å². The number of nitrogens with one attached hydrogen (secondary N) is 1. The maximum atomic E-state index is 14.9. The van der Waals surface area contributed by atoms with Gasteiger partial charge in [-0.3, -0.25) is 24.0 Å². The molecule has 1 aliphatic rings. The van der Waals surface area contributed by atoms with E-state index in [0.717, 1.165) is 42.1 Å². The standard InChI is InChI=1S/C54H69N5O9S/c1-5-6-10-37-13-16-39(17-14-37)40-18-20-41(21-19-40)48(61)35-43(11-9-25-55)54(64)59(3)52-42-22-24-51(68-29-27-57)45(34-42)44-32-38(15-23-50(44)67-28-26-56)33-46(58-53(63)36(2)31-49(52)62)47(60)12-7-8-30-69(4,65)66/h8,13-24,30,32,34,36,43,46,52H,5-7,9-12,25-29,31,33,35,55-57H2,1-4H3,(H,58,63)/b30-8+/t36-,43-,46+,52+/m1/s1. The lowest BCUT2D eigenvalue weighted by atomic mass is 9.87. The topological polar surface area (TPSA) is 231 Å². The summed E-state index contributed by atoms with van der Waals surface area (Å²) in [6, 6.07) is 24.0. The van der Waals surface area contributed by atoms with E-state index in [4.69, 9.17) is 26.7 Å². The Labute approximate surface area is 407 Å². The highest BCUT2D eigenvalue weighted by atomic mass is 32.2. The average Bonchev–Trinajstić information content (AvgIpc) is 3.34. The summed E-state index contributed by atoms with van der Waals surface area (Å²) in [5, 5.41) is 3.91. The molecular formula is C54H69N5O9S. The number of allylic oxidation sites excluding steroid dienone is 1. The van der Waals surface area contributed by atoms with Gasteiger partial charge in [0.1, 0.15) is 30.8 Å². The summed E-state index contributed by atoms with van der Waals surface area (Å²) in [5.41, 5.74) is 23.6. The van der Waals surface area contributed by atoms with Crippen molar-refractivity contribution in [3.05, 3.63) is 119 Å². The van der Waals surface area contributed by atoms with Crippen molar-refractivity contribution in [1.29, 1.82) is 0 Å². The van der Waals surface area contributed by atoms with E-state index in [1.807, 2.05) is 18.2 Å². The average molecular weight is 964 g/mol. The Kier molecular flexibility index (Phi) is 20.4. The van der Waals surface area contributed by atoms with Crippen LogP contribution in [-0.2, 0) is 41.9 Å². The third kappa shape index (κ3) is 15.5. The number of amides is 2. The van der Waals surface area contributed by atoms with E-state index in [0.29, 0.717) is 52.2 Å². The molecule has 15 heteroatoms. The van der Waals surface area contributed by atoms with E-state index in [1.165, 1.54) is 23.6 Å². The van der Waals surface area contributed by atoms with Gasteiger partial charge in [0.05, 0.1) is 6.04 Å². The molecule has 0 spiro atoms. The normalized spacial score (nSPS) is 16.9. The Bertz CT molecular complexity index is 2540. The molecule has 0 unspecified atom stereocenters. The first-order valence-electron chi connectivity index (χ1n) is 23.9. The van der Waals surface area contributed by atoms with Crippen LogP contribution in [-0.4, -0.2) is 94.7 Å². The second kappa shape index (κ2) is 26.1. The SMILES string of the molecule is CCCCc1ccc(-c2ccc(C(=O)C[C@@H](CCCN)C(=O)N(C)[C@@H]3C(=O)C[C@@H](C)C(=O)N[C@H](C(=O)CC/C=C/S(C)(=O)=O)Cc4ccc(OCCN)c(c4)-c4cc3ccc4OCCN)cc2)cc1. The lowest BCUT2D eigenvalue weighted by Gasteiger charge is -2.32. The predicted octanol–water partition coefficient (Wildman–Crippen LogP) is 6.71. The molecule has 4 atom stereocenters. The molecule has 2 amide bonds. The Morgan fingerprint density at radius 1 is 0.826 bits per heavy atom. The molecule has 1 heterocycles. The Balaban J connectivity index is 1.53. The maximum absolute atomic E-state index is 14.9. The minimum absolute atomic E-state index is 0.0598. The molecule has 14 nitrogen and oxygen atoms in total. The van der Waals surface area contributed by atoms with Gasteiger partial charge in [-0.1, -0.05) is 87.0 Å². The third-order valence-electron chi connectivity index (χ3n) is 12.3. The van der Waals surface area contributed by atoms with Crippen LogP contribution < -0.4 is 32.0 Å². The lowest BCUT2D eigenvalue weighted by molar-refractivity contribution is -0.142. The van der Waals surface area contributed by atoms with Crippen molar-refractivity contribution >= 4 is 39.0 Å². The zero-order chi connectivity index (χ0) is 50.1. The van der Waals surface area contributed by atoms with Gasteiger partial charge in [0.15, 0.2) is 27.2 Å². The number of fused-ring (bicyclic) bond motifs is 5. The summed E-state index contributed by atoms with van der Waals surface area (Å²) < 4.78 is 35.7. The molecule has 0 aliphatic carbocycles. The molecule has 0 aromatic heterocycles. The highest BCUT2D eigenvalue weighted by Gasteiger charge is 2.36. The summed E-state index contributed by atoms with van der Waals surface area (Å²) in [4.78, 5) is 72.9.